The van der Waals surface area contributed by atoms with E-state index in [1.807, 2.05) is 0 Å². The molecule has 0 aromatic rings. The van der Waals surface area contributed by atoms with E-state index in [0.29, 0.717) is 49.2 Å². The summed E-state index contributed by atoms with van der Waals surface area (Å²) in [6.07, 6.45) is 4.98. The van der Waals surface area contributed by atoms with Crippen molar-refractivity contribution in [1.82, 2.24) is 14.7 Å². The number of hydrogen-bond donors (Lipinski definition) is 3. The van der Waals surface area contributed by atoms with Crippen LogP contribution in [0.2, 0.25) is 0 Å². The van der Waals surface area contributed by atoms with Crippen LogP contribution in [-0.4, -0.2) is 95.4 Å². The summed E-state index contributed by atoms with van der Waals surface area (Å²) in [4.78, 5) is 7.16. The number of likely N-dealkylation sites (tertiary alicyclic amines) is 3. The van der Waals surface area contributed by atoms with Gasteiger partial charge < -0.3 is 17.2 Å². The summed E-state index contributed by atoms with van der Waals surface area (Å²) in [6, 6.07) is 4.12. The third kappa shape index (κ3) is 8.39. The Hall–Kier alpha value is -0.310. The van der Waals surface area contributed by atoms with E-state index < -0.39 is 6.17 Å². The largest absolute Gasteiger partial charge is 0.327 e. The highest BCUT2D eigenvalue weighted by atomic mass is 19.1. The lowest BCUT2D eigenvalue weighted by Crippen LogP contribution is -2.50. The van der Waals surface area contributed by atoms with Gasteiger partial charge in [-0.25, -0.2) is 4.39 Å². The fraction of sp³-hybridized carbons (Fsp3) is 1.00. The minimum Gasteiger partial charge on any atom is -0.327 e. The Morgan fingerprint density at radius 3 is 1.73 bits per heavy atom. The lowest BCUT2D eigenvalue weighted by atomic mass is 9.99. The maximum atomic E-state index is 12.9. The van der Waals surface area contributed by atoms with Crippen LogP contribution in [0.25, 0.3) is 0 Å². The summed E-state index contributed by atoms with van der Waals surface area (Å²) < 4.78 is 12.9. The molecule has 6 nitrogen and oxygen atoms in total. The lowest BCUT2D eigenvalue weighted by molar-refractivity contribution is 0.0987. The predicted molar refractivity (Wildman–Crippen MR) is 139 cm³/mol. The second-order valence-electron chi connectivity index (χ2n) is 11.9. The average molecular weight is 471 g/mol. The van der Waals surface area contributed by atoms with Gasteiger partial charge in [0.1, 0.15) is 6.17 Å². The van der Waals surface area contributed by atoms with Gasteiger partial charge in [0.2, 0.25) is 0 Å². The molecule has 3 saturated heterocycles. The van der Waals surface area contributed by atoms with E-state index in [9.17, 15) is 4.39 Å². The molecule has 3 heterocycles. The normalized spacial score (nSPS) is 37.8. The molecule has 0 aromatic heterocycles. The molecule has 7 atom stereocenters. The summed E-state index contributed by atoms with van der Waals surface area (Å²) in [5, 5.41) is 0. The SMILES string of the molecule is CC(C)N1CC2CCC1[C@@H]2N.CC(C)N1C[C@H](N)CC[C@@H]1C.CC(C)N1C[C@H](N)C[C@@H](F)C1. The van der Waals surface area contributed by atoms with Crippen molar-refractivity contribution in [1.29, 1.82) is 0 Å². The zero-order valence-corrected chi connectivity index (χ0v) is 22.6. The molecular weight excluding hydrogens is 415 g/mol. The summed E-state index contributed by atoms with van der Waals surface area (Å²) >= 11 is 0. The van der Waals surface area contributed by atoms with Crippen LogP contribution in [0.1, 0.15) is 80.6 Å². The zero-order valence-electron chi connectivity index (χ0n) is 22.6. The molecular formula is C26H55FN6. The van der Waals surface area contributed by atoms with Crippen LogP contribution in [0.4, 0.5) is 4.39 Å². The van der Waals surface area contributed by atoms with Crippen LogP contribution >= 0.6 is 0 Å². The van der Waals surface area contributed by atoms with E-state index in [0.717, 1.165) is 25.0 Å². The van der Waals surface area contributed by atoms with Gasteiger partial charge in [-0.2, -0.15) is 0 Å². The highest BCUT2D eigenvalue weighted by Gasteiger charge is 2.45. The Balaban J connectivity index is 0.000000175. The zero-order chi connectivity index (χ0) is 24.9. The molecule has 196 valence electrons. The molecule has 1 saturated carbocycles. The predicted octanol–water partition coefficient (Wildman–Crippen LogP) is 2.79. The maximum Gasteiger partial charge on any atom is 0.114 e. The summed E-state index contributed by atoms with van der Waals surface area (Å²) in [5.74, 6) is 0.808. The minimum atomic E-state index is -0.721. The molecule has 4 fully saturated rings. The molecule has 0 amide bonds. The number of fused-ring (bicyclic) bond motifs is 2. The number of piperidine rings is 3. The van der Waals surface area contributed by atoms with Crippen LogP contribution in [0.3, 0.4) is 0 Å². The maximum absolute atomic E-state index is 12.9. The van der Waals surface area contributed by atoms with Crippen molar-refractivity contribution in [3.05, 3.63) is 0 Å². The lowest BCUT2D eigenvalue weighted by Gasteiger charge is -2.39. The van der Waals surface area contributed by atoms with Crippen LogP contribution in [0.15, 0.2) is 0 Å². The first-order valence-corrected chi connectivity index (χ1v) is 13.6. The first kappa shape index (κ1) is 28.9. The molecule has 0 radical (unpaired) electrons. The third-order valence-electron chi connectivity index (χ3n) is 8.18. The Kier molecular flexibility index (Phi) is 11.5. The van der Waals surface area contributed by atoms with E-state index in [1.165, 1.54) is 32.2 Å². The van der Waals surface area contributed by atoms with Crippen LogP contribution in [-0.2, 0) is 0 Å². The van der Waals surface area contributed by atoms with Crippen LogP contribution < -0.4 is 17.2 Å². The first-order valence-electron chi connectivity index (χ1n) is 13.6. The molecule has 4 rings (SSSR count). The van der Waals surface area contributed by atoms with Crippen LogP contribution in [0, 0.1) is 5.92 Å². The smallest absolute Gasteiger partial charge is 0.114 e. The summed E-state index contributed by atoms with van der Waals surface area (Å²) in [7, 11) is 0. The van der Waals surface area contributed by atoms with Crippen molar-refractivity contribution >= 4 is 0 Å². The quantitative estimate of drug-likeness (QED) is 0.588. The Bertz CT molecular complexity index is 541. The standard InChI is InChI=1S/C9H18N2.C9H20N2.C8H17FN2/c1-6(2)11-5-7-3-4-8(11)9(7)10;1-7(2)11-6-9(10)5-4-8(11)3;1-6(2)11-4-7(9)3-8(10)5-11/h6-9H,3-5,10H2,1-2H3;7-9H,4-6,10H2,1-3H3;6-8H,3-5,10H2,1-2H3/t7?,8?,9-;8-,9+;7-,8-/m101/s1. The van der Waals surface area contributed by atoms with E-state index in [4.69, 9.17) is 17.2 Å². The number of nitrogens with zero attached hydrogens (tertiary/aromatic N) is 3. The second-order valence-corrected chi connectivity index (χ2v) is 11.9. The second kappa shape index (κ2) is 13.1. The topological polar surface area (TPSA) is 87.8 Å². The Morgan fingerprint density at radius 1 is 0.697 bits per heavy atom. The monoisotopic (exact) mass is 470 g/mol. The van der Waals surface area contributed by atoms with Gasteiger partial charge >= 0.3 is 0 Å². The highest BCUT2D eigenvalue weighted by molar-refractivity contribution is 5.02. The molecule has 3 aliphatic heterocycles. The van der Waals surface area contributed by atoms with Gasteiger partial charge in [0, 0.05) is 74.5 Å². The van der Waals surface area contributed by atoms with Gasteiger partial charge in [0.25, 0.3) is 0 Å². The Labute approximate surface area is 203 Å². The molecule has 0 aromatic carbocycles. The average Bonchev–Trinajstić information content (AvgIpc) is 3.24. The summed E-state index contributed by atoms with van der Waals surface area (Å²) in [5.41, 5.74) is 17.6. The molecule has 2 unspecified atom stereocenters. The van der Waals surface area contributed by atoms with Crippen molar-refractivity contribution in [3.63, 3.8) is 0 Å². The van der Waals surface area contributed by atoms with Gasteiger partial charge in [-0.1, -0.05) is 0 Å². The molecule has 4 aliphatic rings. The first-order chi connectivity index (χ1) is 15.4. The molecule has 1 aliphatic carbocycles. The van der Waals surface area contributed by atoms with E-state index in [2.05, 4.69) is 63.2 Å². The number of hydrogen-bond acceptors (Lipinski definition) is 6. The van der Waals surface area contributed by atoms with Gasteiger partial charge in [-0.15, -0.1) is 0 Å². The van der Waals surface area contributed by atoms with Crippen LogP contribution in [0.5, 0.6) is 0 Å². The Morgan fingerprint density at radius 2 is 1.33 bits per heavy atom. The number of nitrogens with two attached hydrogens (primary N) is 3. The van der Waals surface area contributed by atoms with Gasteiger partial charge in [-0.3, -0.25) is 14.7 Å². The summed E-state index contributed by atoms with van der Waals surface area (Å²) in [6.45, 7) is 19.2. The minimum absolute atomic E-state index is 0.0288. The van der Waals surface area contributed by atoms with Crippen molar-refractivity contribution < 1.29 is 4.39 Å². The van der Waals surface area contributed by atoms with E-state index in [1.54, 1.807) is 0 Å². The number of alkyl halides is 1. The molecule has 6 N–H and O–H groups in total. The van der Waals surface area contributed by atoms with Gasteiger partial charge in [-0.05, 0) is 86.5 Å². The number of rotatable bonds is 3. The van der Waals surface area contributed by atoms with Crippen molar-refractivity contribution in [2.45, 2.75) is 135 Å². The van der Waals surface area contributed by atoms with Crippen molar-refractivity contribution in [2.24, 2.45) is 23.1 Å². The molecule has 7 heteroatoms. The molecule has 2 bridgehead atoms. The van der Waals surface area contributed by atoms with Gasteiger partial charge in [0.15, 0.2) is 0 Å². The van der Waals surface area contributed by atoms with E-state index in [-0.39, 0.29) is 6.04 Å². The highest BCUT2D eigenvalue weighted by Crippen LogP contribution is 2.37. The third-order valence-corrected chi connectivity index (χ3v) is 8.18. The molecule has 0 spiro atoms. The van der Waals surface area contributed by atoms with Crippen molar-refractivity contribution in [2.75, 3.05) is 26.2 Å². The fourth-order valence-electron chi connectivity index (χ4n) is 6.10. The molecule has 33 heavy (non-hydrogen) atoms. The van der Waals surface area contributed by atoms with Gasteiger partial charge in [0.05, 0.1) is 0 Å². The van der Waals surface area contributed by atoms with Crippen molar-refractivity contribution in [3.8, 4) is 0 Å². The van der Waals surface area contributed by atoms with E-state index >= 15 is 0 Å². The fourth-order valence-corrected chi connectivity index (χ4v) is 6.10. The number of halogens is 1.